The van der Waals surface area contributed by atoms with Crippen molar-refractivity contribution in [2.45, 2.75) is 57.4 Å². The molecule has 27 heavy (non-hydrogen) atoms. The molecule has 8 heteroatoms. The summed E-state index contributed by atoms with van der Waals surface area (Å²) in [5.74, 6) is 1.25. The van der Waals surface area contributed by atoms with Crippen LogP contribution >= 0.6 is 0 Å². The molecule has 7 nitrogen and oxygen atoms in total. The van der Waals surface area contributed by atoms with Crippen LogP contribution in [-0.2, 0) is 14.8 Å². The average molecular weight is 391 g/mol. The highest BCUT2D eigenvalue weighted by Crippen LogP contribution is 2.38. The van der Waals surface area contributed by atoms with E-state index in [1.54, 1.807) is 6.92 Å². The van der Waals surface area contributed by atoms with Crippen LogP contribution in [0.1, 0.15) is 56.9 Å². The minimum atomic E-state index is -3.16. The van der Waals surface area contributed by atoms with Crippen LogP contribution in [0, 0.1) is 5.92 Å². The van der Waals surface area contributed by atoms with E-state index in [1.807, 2.05) is 18.3 Å². The largest absolute Gasteiger partial charge is 0.346 e. The van der Waals surface area contributed by atoms with E-state index in [9.17, 15) is 13.2 Å². The average Bonchev–Trinajstić information content (AvgIpc) is 3.40. The molecule has 2 heterocycles. The van der Waals surface area contributed by atoms with E-state index < -0.39 is 10.0 Å². The zero-order chi connectivity index (χ0) is 19.0. The molecule has 0 atom stereocenters. The van der Waals surface area contributed by atoms with Gasteiger partial charge < -0.3 is 10.3 Å². The maximum atomic E-state index is 12.1. The minimum Gasteiger partial charge on any atom is -0.346 e. The number of hydrogen-bond donors (Lipinski definition) is 3. The van der Waals surface area contributed by atoms with Crippen molar-refractivity contribution in [3.63, 3.8) is 0 Å². The topological polar surface area (TPSA) is 104 Å². The number of hydrogen-bond acceptors (Lipinski definition) is 4. The Hall–Kier alpha value is -1.93. The van der Waals surface area contributed by atoms with Gasteiger partial charge in [0.25, 0.3) is 0 Å². The van der Waals surface area contributed by atoms with Crippen LogP contribution in [0.2, 0.25) is 0 Å². The number of anilines is 1. The molecular formula is C19H26N4O3S. The van der Waals surface area contributed by atoms with Gasteiger partial charge in [0.05, 0.1) is 5.75 Å². The molecule has 0 bridgehead atoms. The predicted molar refractivity (Wildman–Crippen MR) is 105 cm³/mol. The number of amides is 1. The second-order valence-corrected chi connectivity index (χ2v) is 9.71. The first-order chi connectivity index (χ1) is 12.9. The van der Waals surface area contributed by atoms with Gasteiger partial charge in [-0.2, -0.15) is 0 Å². The zero-order valence-electron chi connectivity index (χ0n) is 15.5. The number of nitrogens with zero attached hydrogens (tertiary/aromatic N) is 1. The standard InChI is InChI=1S/C19H26N4O3S/c1-2-27(25,26)23-14-7-5-12(6-8-14)16-11-17(22-19(24)13-3-4-13)21-18-15(16)9-10-20-18/h9-14,23H,2-8H2,1H3,(H2,20,21,22,24). The predicted octanol–water partition coefficient (Wildman–Crippen LogP) is 2.88. The third-order valence-electron chi connectivity index (χ3n) is 5.65. The number of aromatic nitrogens is 2. The molecule has 4 rings (SSSR count). The van der Waals surface area contributed by atoms with E-state index in [1.165, 1.54) is 5.56 Å². The summed E-state index contributed by atoms with van der Waals surface area (Å²) in [7, 11) is -3.16. The normalized spacial score (nSPS) is 23.4. The van der Waals surface area contributed by atoms with E-state index in [0.29, 0.717) is 11.7 Å². The molecule has 2 saturated carbocycles. The quantitative estimate of drug-likeness (QED) is 0.705. The number of aromatic amines is 1. The molecule has 2 aliphatic rings. The van der Waals surface area contributed by atoms with Gasteiger partial charge in [0.2, 0.25) is 15.9 Å². The van der Waals surface area contributed by atoms with E-state index in [0.717, 1.165) is 49.6 Å². The van der Waals surface area contributed by atoms with Gasteiger partial charge in [0.1, 0.15) is 11.5 Å². The Morgan fingerprint density at radius 2 is 1.96 bits per heavy atom. The summed E-state index contributed by atoms with van der Waals surface area (Å²) >= 11 is 0. The summed E-state index contributed by atoms with van der Waals surface area (Å²) in [6.45, 7) is 1.66. The van der Waals surface area contributed by atoms with E-state index in [-0.39, 0.29) is 23.6 Å². The molecule has 0 unspecified atom stereocenters. The number of nitrogens with one attached hydrogen (secondary N) is 3. The van der Waals surface area contributed by atoms with Crippen LogP contribution in [0.25, 0.3) is 11.0 Å². The molecule has 1 amide bonds. The number of sulfonamides is 1. The van der Waals surface area contributed by atoms with E-state index in [2.05, 4.69) is 20.0 Å². The van der Waals surface area contributed by atoms with Crippen molar-refractivity contribution in [3.8, 4) is 0 Å². The Morgan fingerprint density at radius 1 is 1.22 bits per heavy atom. The molecule has 2 fully saturated rings. The molecule has 0 aromatic carbocycles. The summed E-state index contributed by atoms with van der Waals surface area (Å²) in [4.78, 5) is 19.8. The van der Waals surface area contributed by atoms with Crippen molar-refractivity contribution in [2.75, 3.05) is 11.1 Å². The zero-order valence-corrected chi connectivity index (χ0v) is 16.3. The second kappa shape index (κ2) is 7.24. The van der Waals surface area contributed by atoms with Crippen molar-refractivity contribution < 1.29 is 13.2 Å². The van der Waals surface area contributed by atoms with Gasteiger partial charge in [-0.05, 0) is 69.1 Å². The highest BCUT2D eigenvalue weighted by molar-refractivity contribution is 7.89. The summed E-state index contributed by atoms with van der Waals surface area (Å²) in [5, 5.41) is 4.03. The summed E-state index contributed by atoms with van der Waals surface area (Å²) in [5.41, 5.74) is 1.97. The molecule has 0 aliphatic heterocycles. The highest BCUT2D eigenvalue weighted by Gasteiger charge is 2.31. The van der Waals surface area contributed by atoms with Crippen LogP contribution in [-0.4, -0.2) is 36.1 Å². The van der Waals surface area contributed by atoms with Crippen molar-refractivity contribution in [2.24, 2.45) is 5.92 Å². The van der Waals surface area contributed by atoms with Crippen LogP contribution in [0.5, 0.6) is 0 Å². The number of rotatable bonds is 6. The molecule has 0 saturated heterocycles. The van der Waals surface area contributed by atoms with Gasteiger partial charge in [-0.1, -0.05) is 0 Å². The number of carbonyl (C=O) groups is 1. The van der Waals surface area contributed by atoms with Crippen LogP contribution in [0.4, 0.5) is 5.82 Å². The molecule has 2 aromatic rings. The third-order valence-corrected chi connectivity index (χ3v) is 7.11. The lowest BCUT2D eigenvalue weighted by Gasteiger charge is -2.29. The number of carbonyl (C=O) groups excluding carboxylic acids is 1. The highest BCUT2D eigenvalue weighted by atomic mass is 32.2. The maximum absolute atomic E-state index is 12.1. The van der Waals surface area contributed by atoms with Crippen LogP contribution in [0.15, 0.2) is 18.3 Å². The Kier molecular flexibility index (Phi) is 4.94. The fourth-order valence-electron chi connectivity index (χ4n) is 3.90. The summed E-state index contributed by atoms with van der Waals surface area (Å²) < 4.78 is 26.4. The van der Waals surface area contributed by atoms with Crippen molar-refractivity contribution in [3.05, 3.63) is 23.9 Å². The maximum Gasteiger partial charge on any atom is 0.228 e. The van der Waals surface area contributed by atoms with Crippen LogP contribution < -0.4 is 10.0 Å². The van der Waals surface area contributed by atoms with E-state index in [4.69, 9.17) is 0 Å². The van der Waals surface area contributed by atoms with Gasteiger partial charge >= 0.3 is 0 Å². The fourth-order valence-corrected chi connectivity index (χ4v) is 4.81. The first-order valence-electron chi connectivity index (χ1n) is 9.74. The molecular weight excluding hydrogens is 364 g/mol. The lowest BCUT2D eigenvalue weighted by Crippen LogP contribution is -2.38. The summed E-state index contributed by atoms with van der Waals surface area (Å²) in [6, 6.07) is 4.04. The number of fused-ring (bicyclic) bond motifs is 1. The molecule has 146 valence electrons. The minimum absolute atomic E-state index is 0.0174. The first-order valence-corrected chi connectivity index (χ1v) is 11.4. The Labute approximate surface area is 159 Å². The lowest BCUT2D eigenvalue weighted by molar-refractivity contribution is -0.117. The van der Waals surface area contributed by atoms with Crippen molar-refractivity contribution >= 4 is 32.8 Å². The smallest absolute Gasteiger partial charge is 0.228 e. The van der Waals surface area contributed by atoms with Crippen LogP contribution in [0.3, 0.4) is 0 Å². The van der Waals surface area contributed by atoms with Gasteiger partial charge in [-0.3, -0.25) is 4.79 Å². The van der Waals surface area contributed by atoms with Gasteiger partial charge in [-0.25, -0.2) is 18.1 Å². The van der Waals surface area contributed by atoms with Crippen molar-refractivity contribution in [1.82, 2.24) is 14.7 Å². The van der Waals surface area contributed by atoms with Gasteiger partial charge in [-0.15, -0.1) is 0 Å². The van der Waals surface area contributed by atoms with Gasteiger partial charge in [0, 0.05) is 23.5 Å². The molecule has 0 radical (unpaired) electrons. The Balaban J connectivity index is 1.51. The fraction of sp³-hybridized carbons (Fsp3) is 0.579. The Morgan fingerprint density at radius 3 is 2.63 bits per heavy atom. The second-order valence-electron chi connectivity index (χ2n) is 7.67. The van der Waals surface area contributed by atoms with Crippen molar-refractivity contribution in [1.29, 1.82) is 0 Å². The molecule has 2 aromatic heterocycles. The van der Waals surface area contributed by atoms with E-state index >= 15 is 0 Å². The van der Waals surface area contributed by atoms with Gasteiger partial charge in [0.15, 0.2) is 0 Å². The summed E-state index contributed by atoms with van der Waals surface area (Å²) in [6.07, 6.45) is 7.26. The SMILES string of the molecule is CCS(=O)(=O)NC1CCC(c2cc(NC(=O)C3CC3)nc3[nH]ccc23)CC1. The first kappa shape index (κ1) is 18.4. The number of pyridine rings is 1. The third kappa shape index (κ3) is 4.16. The lowest BCUT2D eigenvalue weighted by atomic mass is 9.81. The Bertz CT molecular complexity index is 941. The molecule has 3 N–H and O–H groups in total. The monoisotopic (exact) mass is 390 g/mol. The molecule has 2 aliphatic carbocycles. The number of H-pyrrole nitrogens is 1. The molecule has 0 spiro atoms.